The summed E-state index contributed by atoms with van der Waals surface area (Å²) in [5, 5.41) is 8.83. The van der Waals surface area contributed by atoms with Gasteiger partial charge in [-0.2, -0.15) is 5.26 Å². The molecule has 140 valence electrons. The SMILES string of the molecule is C=CCCCCc1ccc(C2OCC(c3ccc(C#N)c(F)c3)CO2)cc1. The Hall–Kier alpha value is -2.48. The van der Waals surface area contributed by atoms with Crippen molar-refractivity contribution in [1.29, 1.82) is 5.26 Å². The molecule has 0 spiro atoms. The number of benzene rings is 2. The van der Waals surface area contributed by atoms with E-state index in [4.69, 9.17) is 14.7 Å². The summed E-state index contributed by atoms with van der Waals surface area (Å²) < 4.78 is 25.5. The van der Waals surface area contributed by atoms with Crippen LogP contribution in [0.3, 0.4) is 0 Å². The van der Waals surface area contributed by atoms with Gasteiger partial charge in [-0.1, -0.05) is 36.4 Å². The van der Waals surface area contributed by atoms with Crippen molar-refractivity contribution in [2.24, 2.45) is 0 Å². The number of unbranched alkanes of at least 4 members (excludes halogenated alkanes) is 2. The summed E-state index contributed by atoms with van der Waals surface area (Å²) >= 11 is 0. The van der Waals surface area contributed by atoms with E-state index in [1.54, 1.807) is 6.07 Å². The van der Waals surface area contributed by atoms with Crippen LogP contribution >= 0.6 is 0 Å². The Morgan fingerprint density at radius 2 is 1.78 bits per heavy atom. The molecule has 2 aromatic carbocycles. The van der Waals surface area contributed by atoms with Crippen molar-refractivity contribution in [2.45, 2.75) is 37.9 Å². The average molecular weight is 365 g/mol. The van der Waals surface area contributed by atoms with Crippen molar-refractivity contribution in [2.75, 3.05) is 13.2 Å². The molecule has 3 rings (SSSR count). The minimum absolute atomic E-state index is 0.0346. The number of hydrogen-bond donors (Lipinski definition) is 0. The molecule has 0 aliphatic carbocycles. The van der Waals surface area contributed by atoms with Crippen LogP contribution in [0.5, 0.6) is 0 Å². The summed E-state index contributed by atoms with van der Waals surface area (Å²) in [6.45, 7) is 4.66. The van der Waals surface area contributed by atoms with Gasteiger partial charge < -0.3 is 9.47 Å². The maximum atomic E-state index is 13.8. The monoisotopic (exact) mass is 365 g/mol. The van der Waals surface area contributed by atoms with E-state index in [1.807, 2.05) is 12.1 Å². The first-order valence-corrected chi connectivity index (χ1v) is 9.33. The van der Waals surface area contributed by atoms with Crippen LogP contribution in [0, 0.1) is 17.1 Å². The van der Waals surface area contributed by atoms with Gasteiger partial charge in [-0.15, -0.1) is 6.58 Å². The third-order valence-corrected chi connectivity index (χ3v) is 4.86. The fourth-order valence-electron chi connectivity index (χ4n) is 3.22. The average Bonchev–Trinajstić information content (AvgIpc) is 2.72. The first kappa shape index (κ1) is 19.3. The molecule has 0 aromatic heterocycles. The van der Waals surface area contributed by atoms with Gasteiger partial charge in [-0.05, 0) is 48.9 Å². The lowest BCUT2D eigenvalue weighted by atomic mass is 9.98. The first-order valence-electron chi connectivity index (χ1n) is 9.33. The Kier molecular flexibility index (Phi) is 6.75. The molecule has 4 heteroatoms. The Morgan fingerprint density at radius 1 is 1.07 bits per heavy atom. The predicted octanol–water partition coefficient (Wildman–Crippen LogP) is 5.43. The minimum Gasteiger partial charge on any atom is -0.348 e. The van der Waals surface area contributed by atoms with Gasteiger partial charge in [0, 0.05) is 11.5 Å². The fourth-order valence-corrected chi connectivity index (χ4v) is 3.22. The van der Waals surface area contributed by atoms with Crippen molar-refractivity contribution < 1.29 is 13.9 Å². The van der Waals surface area contributed by atoms with E-state index in [2.05, 4.69) is 30.8 Å². The van der Waals surface area contributed by atoms with E-state index >= 15 is 0 Å². The van der Waals surface area contributed by atoms with Crippen LogP contribution in [0.2, 0.25) is 0 Å². The summed E-state index contributed by atoms with van der Waals surface area (Å²) in [4.78, 5) is 0. The lowest BCUT2D eigenvalue weighted by molar-refractivity contribution is -0.191. The van der Waals surface area contributed by atoms with Crippen molar-refractivity contribution in [1.82, 2.24) is 0 Å². The minimum atomic E-state index is -0.499. The van der Waals surface area contributed by atoms with E-state index in [-0.39, 0.29) is 17.8 Å². The van der Waals surface area contributed by atoms with Gasteiger partial charge in [0.15, 0.2) is 6.29 Å². The van der Waals surface area contributed by atoms with Gasteiger partial charge >= 0.3 is 0 Å². The normalized spacial score (nSPS) is 19.4. The topological polar surface area (TPSA) is 42.2 Å². The molecule has 0 amide bonds. The largest absolute Gasteiger partial charge is 0.348 e. The molecule has 1 fully saturated rings. The smallest absolute Gasteiger partial charge is 0.183 e. The number of halogens is 1. The maximum absolute atomic E-state index is 13.8. The van der Waals surface area contributed by atoms with Gasteiger partial charge in [0.1, 0.15) is 11.9 Å². The highest BCUT2D eigenvalue weighted by atomic mass is 19.1. The van der Waals surface area contributed by atoms with E-state index < -0.39 is 5.82 Å². The van der Waals surface area contributed by atoms with Crippen molar-refractivity contribution in [3.8, 4) is 6.07 Å². The summed E-state index contributed by atoms with van der Waals surface area (Å²) in [5.41, 5.74) is 3.15. The molecule has 0 unspecified atom stereocenters. The van der Waals surface area contributed by atoms with E-state index in [9.17, 15) is 4.39 Å². The first-order chi connectivity index (χ1) is 13.2. The number of nitriles is 1. The van der Waals surface area contributed by atoms with Gasteiger partial charge in [0.2, 0.25) is 0 Å². The highest BCUT2D eigenvalue weighted by molar-refractivity contribution is 5.35. The van der Waals surface area contributed by atoms with Crippen molar-refractivity contribution in [3.63, 3.8) is 0 Å². The molecule has 0 saturated carbocycles. The van der Waals surface area contributed by atoms with E-state index in [0.29, 0.717) is 13.2 Å². The van der Waals surface area contributed by atoms with Crippen LogP contribution in [-0.4, -0.2) is 13.2 Å². The Bertz CT molecular complexity index is 802. The molecule has 2 aromatic rings. The third-order valence-electron chi connectivity index (χ3n) is 4.86. The molecule has 0 atom stereocenters. The molecular formula is C23H24FNO2. The molecule has 1 heterocycles. The number of rotatable bonds is 7. The second-order valence-electron chi connectivity index (χ2n) is 6.82. The third kappa shape index (κ3) is 5.03. The standard InChI is InChI=1S/C23H24FNO2/c1-2-3-4-5-6-17-7-9-18(10-8-17)23-26-15-21(16-27-23)19-11-12-20(14-25)22(24)13-19/h2,7-13,21,23H,1,3-6,15-16H2. The number of ether oxygens (including phenoxy) is 2. The molecule has 0 bridgehead atoms. The number of nitrogens with zero attached hydrogens (tertiary/aromatic N) is 1. The number of aryl methyl sites for hydroxylation is 1. The van der Waals surface area contributed by atoms with E-state index in [0.717, 1.165) is 36.8 Å². The van der Waals surface area contributed by atoms with Gasteiger partial charge in [-0.25, -0.2) is 4.39 Å². The van der Waals surface area contributed by atoms with Crippen LogP contribution in [0.25, 0.3) is 0 Å². The predicted molar refractivity (Wildman–Crippen MR) is 103 cm³/mol. The molecule has 0 N–H and O–H groups in total. The van der Waals surface area contributed by atoms with Gasteiger partial charge in [-0.3, -0.25) is 0 Å². The lowest BCUT2D eigenvalue weighted by Crippen LogP contribution is -2.25. The molecule has 3 nitrogen and oxygen atoms in total. The summed E-state index contributed by atoms with van der Waals surface area (Å²) in [6, 6.07) is 14.9. The van der Waals surface area contributed by atoms with Gasteiger partial charge in [0.25, 0.3) is 0 Å². The van der Waals surface area contributed by atoms with Crippen LogP contribution < -0.4 is 0 Å². The van der Waals surface area contributed by atoms with Crippen LogP contribution in [0.1, 0.15) is 53.7 Å². The number of hydrogen-bond acceptors (Lipinski definition) is 3. The van der Waals surface area contributed by atoms with E-state index in [1.165, 1.54) is 17.7 Å². The molecular weight excluding hydrogens is 341 g/mol. The molecule has 0 radical (unpaired) electrons. The lowest BCUT2D eigenvalue weighted by Gasteiger charge is -2.30. The molecule has 1 aliphatic heterocycles. The zero-order valence-electron chi connectivity index (χ0n) is 15.4. The maximum Gasteiger partial charge on any atom is 0.183 e. The van der Waals surface area contributed by atoms with Crippen LogP contribution in [-0.2, 0) is 15.9 Å². The summed E-state index contributed by atoms with van der Waals surface area (Å²) in [5.74, 6) is -0.534. The summed E-state index contributed by atoms with van der Waals surface area (Å²) in [6.07, 6.45) is 6.01. The highest BCUT2D eigenvalue weighted by Gasteiger charge is 2.25. The number of allylic oxidation sites excluding steroid dienone is 1. The van der Waals surface area contributed by atoms with Gasteiger partial charge in [0.05, 0.1) is 18.8 Å². The zero-order valence-corrected chi connectivity index (χ0v) is 15.4. The second-order valence-corrected chi connectivity index (χ2v) is 6.82. The zero-order chi connectivity index (χ0) is 19.1. The molecule has 1 aliphatic rings. The van der Waals surface area contributed by atoms with Crippen LogP contribution in [0.15, 0.2) is 55.1 Å². The van der Waals surface area contributed by atoms with Crippen LogP contribution in [0.4, 0.5) is 4.39 Å². The van der Waals surface area contributed by atoms with Crippen molar-refractivity contribution >= 4 is 0 Å². The Morgan fingerprint density at radius 3 is 2.41 bits per heavy atom. The Balaban J connectivity index is 1.53. The second kappa shape index (κ2) is 9.45. The summed E-state index contributed by atoms with van der Waals surface area (Å²) in [7, 11) is 0. The molecule has 1 saturated heterocycles. The fraction of sp³-hybridized carbons (Fsp3) is 0.348. The quantitative estimate of drug-likeness (QED) is 0.486. The highest BCUT2D eigenvalue weighted by Crippen LogP contribution is 2.30. The molecule has 27 heavy (non-hydrogen) atoms. The Labute approximate surface area is 160 Å². The van der Waals surface area contributed by atoms with Crippen molar-refractivity contribution in [3.05, 3.63) is 83.2 Å².